The zero-order chi connectivity index (χ0) is 18.1. The average Bonchev–Trinajstić information content (AvgIpc) is 2.51. The molecule has 9 heteroatoms. The van der Waals surface area contributed by atoms with Crippen molar-refractivity contribution in [3.63, 3.8) is 0 Å². The smallest absolute Gasteiger partial charge is 0.433 e. The summed E-state index contributed by atoms with van der Waals surface area (Å²) in [6, 6.07) is 2.14. The predicted octanol–water partition coefficient (Wildman–Crippen LogP) is 1.63. The van der Waals surface area contributed by atoms with Crippen LogP contribution in [0, 0.1) is 0 Å². The van der Waals surface area contributed by atoms with E-state index in [9.17, 15) is 27.8 Å². The van der Waals surface area contributed by atoms with Crippen molar-refractivity contribution in [3.05, 3.63) is 23.9 Å². The lowest BCUT2D eigenvalue weighted by Gasteiger charge is -2.45. The molecule has 0 spiro atoms. The highest BCUT2D eigenvalue weighted by atomic mass is 19.4. The van der Waals surface area contributed by atoms with Crippen LogP contribution < -0.4 is 4.74 Å². The van der Waals surface area contributed by atoms with Crippen LogP contribution in [0.5, 0.6) is 5.88 Å². The minimum Gasteiger partial charge on any atom is -0.470 e. The summed E-state index contributed by atoms with van der Waals surface area (Å²) >= 11 is 0. The summed E-state index contributed by atoms with van der Waals surface area (Å²) in [4.78, 5) is 4.98. The molecule has 1 aliphatic rings. The summed E-state index contributed by atoms with van der Waals surface area (Å²) in [6.07, 6.45) is -8.49. The summed E-state index contributed by atoms with van der Waals surface area (Å²) in [7, 11) is 0. The van der Waals surface area contributed by atoms with E-state index >= 15 is 0 Å². The van der Waals surface area contributed by atoms with Crippen molar-refractivity contribution in [2.24, 2.45) is 0 Å². The van der Waals surface area contributed by atoms with Gasteiger partial charge in [-0.3, -0.25) is 4.90 Å². The highest BCUT2D eigenvalue weighted by molar-refractivity contribution is 5.18. The molecule has 1 aliphatic heterocycles. The molecular formula is C15H20F4N2O3. The fraction of sp³-hybridized carbons (Fsp3) is 0.667. The van der Waals surface area contributed by atoms with E-state index in [0.29, 0.717) is 0 Å². The number of nitrogens with zero attached hydrogens (tertiary/aromatic N) is 2. The van der Waals surface area contributed by atoms with E-state index < -0.39 is 42.9 Å². The standard InChI is InChI=1S/C15H20F4N2O3/c1-8(2)21-7-10(14(23)13(22)9(21)6-16)24-12-5-3-4-11(20-12)15(17,18)19/h3-5,8-10,13-14,22-23H,6-7H2,1-2H3/t9-,10+,13+,14-/m1/s1. The van der Waals surface area contributed by atoms with E-state index in [0.717, 1.165) is 12.1 Å². The summed E-state index contributed by atoms with van der Waals surface area (Å²) in [5.41, 5.74) is -1.12. The highest BCUT2D eigenvalue weighted by Gasteiger charge is 2.44. The maximum atomic E-state index is 13.2. The normalized spacial score (nSPS) is 29.0. The molecule has 0 bridgehead atoms. The number of rotatable bonds is 4. The quantitative estimate of drug-likeness (QED) is 0.807. The largest absolute Gasteiger partial charge is 0.470 e. The third-order valence-corrected chi connectivity index (χ3v) is 4.05. The molecule has 0 amide bonds. The average molecular weight is 352 g/mol. The first kappa shape index (κ1) is 18.9. The molecule has 2 heterocycles. The first-order valence-electron chi connectivity index (χ1n) is 7.54. The number of hydrogen-bond acceptors (Lipinski definition) is 5. The summed E-state index contributed by atoms with van der Waals surface area (Å²) < 4.78 is 56.6. The van der Waals surface area contributed by atoms with E-state index in [1.54, 1.807) is 18.7 Å². The number of alkyl halides is 4. The summed E-state index contributed by atoms with van der Waals surface area (Å²) in [5.74, 6) is -0.316. The Morgan fingerprint density at radius 2 is 1.96 bits per heavy atom. The van der Waals surface area contributed by atoms with Gasteiger partial charge in [-0.2, -0.15) is 13.2 Å². The first-order chi connectivity index (χ1) is 11.1. The zero-order valence-electron chi connectivity index (χ0n) is 13.2. The van der Waals surface area contributed by atoms with Crippen LogP contribution in [0.4, 0.5) is 17.6 Å². The molecule has 0 aliphatic carbocycles. The van der Waals surface area contributed by atoms with Gasteiger partial charge in [0.1, 0.15) is 30.7 Å². The van der Waals surface area contributed by atoms with Gasteiger partial charge in [0.15, 0.2) is 0 Å². The lowest BCUT2D eigenvalue weighted by molar-refractivity contribution is -0.145. The van der Waals surface area contributed by atoms with Crippen molar-refractivity contribution in [2.45, 2.75) is 50.4 Å². The number of aliphatic hydroxyl groups excluding tert-OH is 2. The molecule has 5 nitrogen and oxygen atoms in total. The minimum absolute atomic E-state index is 0.0579. The van der Waals surface area contributed by atoms with Gasteiger partial charge in [-0.25, -0.2) is 9.37 Å². The number of hydrogen-bond donors (Lipinski definition) is 2. The fourth-order valence-corrected chi connectivity index (χ4v) is 2.77. The molecule has 1 aromatic heterocycles. The Bertz CT molecular complexity index is 556. The molecule has 1 aromatic rings. The van der Waals surface area contributed by atoms with Crippen molar-refractivity contribution in [1.29, 1.82) is 0 Å². The Kier molecular flexibility index (Phi) is 5.67. The van der Waals surface area contributed by atoms with Gasteiger partial charge in [-0.15, -0.1) is 0 Å². The van der Waals surface area contributed by atoms with Crippen molar-refractivity contribution in [1.82, 2.24) is 9.88 Å². The third-order valence-electron chi connectivity index (χ3n) is 4.05. The van der Waals surface area contributed by atoms with E-state index in [1.165, 1.54) is 6.07 Å². The molecule has 1 fully saturated rings. The molecule has 136 valence electrons. The van der Waals surface area contributed by atoms with Crippen LogP contribution in [0.1, 0.15) is 19.5 Å². The van der Waals surface area contributed by atoms with Gasteiger partial charge in [0.05, 0.1) is 6.04 Å². The molecule has 2 rings (SSSR count). The Hall–Kier alpha value is -1.45. The van der Waals surface area contributed by atoms with Crippen LogP contribution in [0.25, 0.3) is 0 Å². The maximum Gasteiger partial charge on any atom is 0.433 e. The first-order valence-corrected chi connectivity index (χ1v) is 7.54. The van der Waals surface area contributed by atoms with Gasteiger partial charge in [0.25, 0.3) is 0 Å². The lowest BCUT2D eigenvalue weighted by Crippen LogP contribution is -2.65. The van der Waals surface area contributed by atoms with Crippen LogP contribution in [-0.2, 0) is 6.18 Å². The SMILES string of the molecule is CC(C)N1C[C@H](Oc2cccc(C(F)(F)F)n2)[C@@H](O)[C@@H](O)[C@H]1CF. The number of piperidine rings is 1. The second-order valence-electron chi connectivity index (χ2n) is 6.01. The van der Waals surface area contributed by atoms with E-state index in [4.69, 9.17) is 4.74 Å². The molecule has 1 saturated heterocycles. The number of ether oxygens (including phenoxy) is 1. The van der Waals surface area contributed by atoms with Gasteiger partial charge in [-0.05, 0) is 19.9 Å². The van der Waals surface area contributed by atoms with Gasteiger partial charge in [0.2, 0.25) is 5.88 Å². The van der Waals surface area contributed by atoms with Crippen LogP contribution >= 0.6 is 0 Å². The predicted molar refractivity (Wildman–Crippen MR) is 77.3 cm³/mol. The van der Waals surface area contributed by atoms with Gasteiger partial charge in [-0.1, -0.05) is 6.07 Å². The van der Waals surface area contributed by atoms with Crippen molar-refractivity contribution < 1.29 is 32.5 Å². The highest BCUT2D eigenvalue weighted by Crippen LogP contribution is 2.30. The maximum absolute atomic E-state index is 13.2. The molecule has 0 saturated carbocycles. The molecular weight excluding hydrogens is 332 g/mol. The topological polar surface area (TPSA) is 65.8 Å². The number of halogens is 4. The number of aromatic nitrogens is 1. The number of likely N-dealkylation sites (tertiary alicyclic amines) is 1. The molecule has 0 aromatic carbocycles. The monoisotopic (exact) mass is 352 g/mol. The van der Waals surface area contributed by atoms with Crippen LogP contribution in [0.3, 0.4) is 0 Å². The zero-order valence-corrected chi connectivity index (χ0v) is 13.2. The third kappa shape index (κ3) is 3.96. The van der Waals surface area contributed by atoms with E-state index in [2.05, 4.69) is 4.98 Å². The van der Waals surface area contributed by atoms with Gasteiger partial charge < -0.3 is 14.9 Å². The van der Waals surface area contributed by atoms with Crippen LogP contribution in [0.15, 0.2) is 18.2 Å². The van der Waals surface area contributed by atoms with Crippen molar-refractivity contribution in [3.8, 4) is 5.88 Å². The van der Waals surface area contributed by atoms with Crippen molar-refractivity contribution in [2.75, 3.05) is 13.2 Å². The second-order valence-corrected chi connectivity index (χ2v) is 6.01. The van der Waals surface area contributed by atoms with Crippen LogP contribution in [0.2, 0.25) is 0 Å². The molecule has 0 radical (unpaired) electrons. The van der Waals surface area contributed by atoms with Gasteiger partial charge in [0, 0.05) is 18.7 Å². The van der Waals surface area contributed by atoms with Gasteiger partial charge >= 0.3 is 6.18 Å². The molecule has 24 heavy (non-hydrogen) atoms. The summed E-state index contributed by atoms with van der Waals surface area (Å²) in [5, 5.41) is 20.2. The summed E-state index contributed by atoms with van der Waals surface area (Å²) in [6.45, 7) is 2.77. The second kappa shape index (κ2) is 7.20. The Morgan fingerprint density at radius 1 is 1.29 bits per heavy atom. The fourth-order valence-electron chi connectivity index (χ4n) is 2.77. The van der Waals surface area contributed by atoms with Crippen molar-refractivity contribution >= 4 is 0 Å². The Labute approximate surface area is 136 Å². The lowest BCUT2D eigenvalue weighted by atomic mass is 9.93. The Morgan fingerprint density at radius 3 is 2.50 bits per heavy atom. The number of pyridine rings is 1. The number of aliphatic hydroxyl groups is 2. The molecule has 4 atom stereocenters. The Balaban J connectivity index is 2.20. The molecule has 0 unspecified atom stereocenters. The molecule has 2 N–H and O–H groups in total. The van der Waals surface area contributed by atoms with E-state index in [-0.39, 0.29) is 18.5 Å². The van der Waals surface area contributed by atoms with Crippen LogP contribution in [-0.4, -0.2) is 63.7 Å². The van der Waals surface area contributed by atoms with E-state index in [1.807, 2.05) is 0 Å². The minimum atomic E-state index is -4.62.